The number of piperazine rings is 1. The van der Waals surface area contributed by atoms with Gasteiger partial charge in [-0.25, -0.2) is 14.8 Å². The number of benzene rings is 1. The number of anilines is 2. The summed E-state index contributed by atoms with van der Waals surface area (Å²) in [7, 11) is 0. The lowest BCUT2D eigenvalue weighted by molar-refractivity contribution is 0.0214. The van der Waals surface area contributed by atoms with Gasteiger partial charge in [-0.05, 0) is 51.8 Å². The highest BCUT2D eigenvalue weighted by molar-refractivity contribution is 5.71. The van der Waals surface area contributed by atoms with Crippen molar-refractivity contribution in [3.05, 3.63) is 66.6 Å². The monoisotopic (exact) mass is 512 g/mol. The second-order valence-corrected chi connectivity index (χ2v) is 11.0. The van der Waals surface area contributed by atoms with Crippen LogP contribution in [0.5, 0.6) is 0 Å². The van der Waals surface area contributed by atoms with Crippen molar-refractivity contribution < 1.29 is 9.53 Å². The van der Waals surface area contributed by atoms with Gasteiger partial charge < -0.3 is 19.9 Å². The van der Waals surface area contributed by atoms with Crippen LogP contribution >= 0.6 is 0 Å². The summed E-state index contributed by atoms with van der Waals surface area (Å²) in [5, 5.41) is 12.0. The summed E-state index contributed by atoms with van der Waals surface area (Å²) >= 11 is 0. The smallest absolute Gasteiger partial charge is 0.410 e. The largest absolute Gasteiger partial charge is 0.444 e. The number of pyridine rings is 1. The molecule has 2 saturated heterocycles. The van der Waals surface area contributed by atoms with Crippen molar-refractivity contribution in [1.82, 2.24) is 29.5 Å². The molecule has 1 amide bonds. The third kappa shape index (κ3) is 4.62. The first-order valence-corrected chi connectivity index (χ1v) is 13.0. The van der Waals surface area contributed by atoms with Crippen LogP contribution in [-0.2, 0) is 4.74 Å². The lowest BCUT2D eigenvalue weighted by atomic mass is 10.1. The molecule has 3 unspecified atom stereocenters. The molecule has 0 spiro atoms. The van der Waals surface area contributed by atoms with Gasteiger partial charge in [-0.3, -0.25) is 4.40 Å². The van der Waals surface area contributed by atoms with Crippen LogP contribution in [0.2, 0.25) is 0 Å². The van der Waals surface area contributed by atoms with E-state index in [1.165, 1.54) is 5.56 Å². The molecule has 2 aliphatic rings. The Morgan fingerprint density at radius 2 is 1.92 bits per heavy atom. The van der Waals surface area contributed by atoms with E-state index in [2.05, 4.69) is 44.5 Å². The van der Waals surface area contributed by atoms with Crippen molar-refractivity contribution in [3.8, 4) is 11.3 Å². The van der Waals surface area contributed by atoms with Gasteiger partial charge in [0.25, 0.3) is 0 Å². The lowest BCUT2D eigenvalue weighted by Gasteiger charge is -2.35. The number of fused-ring (bicyclic) bond motifs is 3. The van der Waals surface area contributed by atoms with Gasteiger partial charge >= 0.3 is 6.09 Å². The molecule has 2 aliphatic heterocycles. The number of aromatic nitrogens is 5. The molecule has 0 saturated carbocycles. The lowest BCUT2D eigenvalue weighted by Crippen LogP contribution is -2.50. The first kappa shape index (κ1) is 24.1. The minimum atomic E-state index is -0.514. The van der Waals surface area contributed by atoms with Gasteiger partial charge in [-0.15, -0.1) is 10.2 Å². The number of hydrogen-bond donors (Lipinski definition) is 1. The number of nitrogens with one attached hydrogen (secondary N) is 1. The Morgan fingerprint density at radius 1 is 1.11 bits per heavy atom. The van der Waals surface area contributed by atoms with Crippen molar-refractivity contribution in [2.45, 2.75) is 57.8 Å². The van der Waals surface area contributed by atoms with Crippen molar-refractivity contribution in [2.24, 2.45) is 0 Å². The second-order valence-electron chi connectivity index (χ2n) is 11.0. The number of carbonyl (C=O) groups excluding carboxylic acids is 1. The highest BCUT2D eigenvalue weighted by Gasteiger charge is 2.47. The third-order valence-electron chi connectivity index (χ3n) is 7.12. The summed E-state index contributed by atoms with van der Waals surface area (Å²) in [6, 6.07) is 16.5. The van der Waals surface area contributed by atoms with Crippen LogP contribution in [0.3, 0.4) is 0 Å². The molecule has 2 fully saturated rings. The molecule has 0 aliphatic carbocycles. The SMILES string of the molecule is CC(Nc1cc(-c2cc3nncn3c(N3CC4CC3CN4C(=O)OC(C)(C)C)n2)ccn1)c1ccccc1. The highest BCUT2D eigenvalue weighted by atomic mass is 16.6. The standard InChI is InChI=1S/C28H32N8O2/c1-18(19-8-6-5-7-9-19)31-24-12-20(10-11-29-24)23-14-25-33-30-17-36(25)26(32-23)34-15-22-13-21(34)16-35(22)27(37)38-28(2,3)4/h5-12,14,17-18,21-22H,13,15-16H2,1-4H3,(H,29,31). The first-order valence-electron chi connectivity index (χ1n) is 13.0. The number of likely N-dealkylation sites (tertiary alicyclic amines) is 1. The van der Waals surface area contributed by atoms with Crippen LogP contribution in [0.25, 0.3) is 16.9 Å². The molecule has 5 heterocycles. The van der Waals surface area contributed by atoms with Crippen LogP contribution in [0.4, 0.5) is 16.6 Å². The van der Waals surface area contributed by atoms with Gasteiger partial charge in [0.1, 0.15) is 17.7 Å². The predicted octanol–water partition coefficient (Wildman–Crippen LogP) is 4.56. The molecule has 4 aromatic rings. The average Bonchev–Trinajstić information content (AvgIpc) is 3.64. The zero-order chi connectivity index (χ0) is 26.4. The fourth-order valence-electron chi connectivity index (χ4n) is 5.33. The fourth-order valence-corrected chi connectivity index (χ4v) is 5.33. The van der Waals surface area contributed by atoms with Gasteiger partial charge in [-0.1, -0.05) is 30.3 Å². The van der Waals surface area contributed by atoms with Crippen LogP contribution in [-0.4, -0.2) is 66.3 Å². The zero-order valence-electron chi connectivity index (χ0n) is 22.1. The Hall–Kier alpha value is -4.21. The van der Waals surface area contributed by atoms with Crippen molar-refractivity contribution in [2.75, 3.05) is 23.3 Å². The molecule has 3 aromatic heterocycles. The minimum absolute atomic E-state index is 0.0861. The maximum absolute atomic E-state index is 12.7. The van der Waals surface area contributed by atoms with E-state index < -0.39 is 5.60 Å². The van der Waals surface area contributed by atoms with Gasteiger partial charge in [0, 0.05) is 37.0 Å². The molecular weight excluding hydrogens is 480 g/mol. The van der Waals surface area contributed by atoms with Gasteiger partial charge in [-0.2, -0.15) is 0 Å². The average molecular weight is 513 g/mol. The summed E-state index contributed by atoms with van der Waals surface area (Å²) in [5.41, 5.74) is 3.13. The highest BCUT2D eigenvalue weighted by Crippen LogP contribution is 2.36. The first-order chi connectivity index (χ1) is 18.2. The fraction of sp³-hybridized carbons (Fsp3) is 0.393. The minimum Gasteiger partial charge on any atom is -0.444 e. The van der Waals surface area contributed by atoms with Crippen molar-refractivity contribution in [3.63, 3.8) is 0 Å². The van der Waals surface area contributed by atoms with Crippen LogP contribution in [0, 0.1) is 0 Å². The molecule has 2 bridgehead atoms. The topological polar surface area (TPSA) is 101 Å². The Labute approximate surface area is 221 Å². The number of carbonyl (C=O) groups is 1. The molecule has 0 radical (unpaired) electrons. The molecule has 38 heavy (non-hydrogen) atoms. The van der Waals surface area contributed by atoms with Crippen LogP contribution < -0.4 is 10.2 Å². The van der Waals surface area contributed by atoms with Gasteiger partial charge in [0.15, 0.2) is 5.65 Å². The third-order valence-corrected chi connectivity index (χ3v) is 7.12. The van der Waals surface area contributed by atoms with Crippen molar-refractivity contribution >= 4 is 23.5 Å². The number of rotatable bonds is 5. The Balaban J connectivity index is 1.26. The number of hydrogen-bond acceptors (Lipinski definition) is 8. The predicted molar refractivity (Wildman–Crippen MR) is 145 cm³/mol. The number of amides is 1. The molecule has 3 atom stereocenters. The molecule has 10 nitrogen and oxygen atoms in total. The van der Waals surface area contributed by atoms with E-state index in [1.807, 2.05) is 66.5 Å². The van der Waals surface area contributed by atoms with E-state index in [4.69, 9.17) is 9.72 Å². The van der Waals surface area contributed by atoms with Gasteiger partial charge in [0.2, 0.25) is 5.95 Å². The summed E-state index contributed by atoms with van der Waals surface area (Å²) in [5.74, 6) is 1.56. The van der Waals surface area contributed by atoms with Gasteiger partial charge in [0.05, 0.1) is 17.8 Å². The van der Waals surface area contributed by atoms with E-state index in [1.54, 1.807) is 12.5 Å². The number of ether oxygens (including phenoxy) is 1. The molecular formula is C28H32N8O2. The van der Waals surface area contributed by atoms with E-state index in [0.717, 1.165) is 35.1 Å². The summed E-state index contributed by atoms with van der Waals surface area (Å²) in [6.07, 6.45) is 4.12. The zero-order valence-corrected chi connectivity index (χ0v) is 22.1. The maximum atomic E-state index is 12.7. The molecule has 196 valence electrons. The summed E-state index contributed by atoms with van der Waals surface area (Å²) < 4.78 is 7.55. The molecule has 1 N–H and O–H groups in total. The number of nitrogens with zero attached hydrogens (tertiary/aromatic N) is 7. The summed E-state index contributed by atoms with van der Waals surface area (Å²) in [6.45, 7) is 9.09. The Morgan fingerprint density at radius 3 is 2.66 bits per heavy atom. The molecule has 10 heteroatoms. The quantitative estimate of drug-likeness (QED) is 0.415. The second kappa shape index (κ2) is 9.27. The normalized spacial score (nSPS) is 19.7. The van der Waals surface area contributed by atoms with E-state index >= 15 is 0 Å². The van der Waals surface area contributed by atoms with Crippen molar-refractivity contribution in [1.29, 1.82) is 0 Å². The summed E-state index contributed by atoms with van der Waals surface area (Å²) in [4.78, 5) is 26.5. The van der Waals surface area contributed by atoms with E-state index in [0.29, 0.717) is 13.1 Å². The van der Waals surface area contributed by atoms with Crippen LogP contribution in [0.15, 0.2) is 61.1 Å². The van der Waals surface area contributed by atoms with Crippen LogP contribution in [0.1, 0.15) is 45.7 Å². The van der Waals surface area contributed by atoms with E-state index in [-0.39, 0.29) is 24.2 Å². The van der Waals surface area contributed by atoms with E-state index in [9.17, 15) is 4.79 Å². The molecule has 6 rings (SSSR count). The maximum Gasteiger partial charge on any atom is 0.410 e. The Kier molecular flexibility index (Phi) is 5.89. The Bertz CT molecular complexity index is 1460. The molecule has 1 aromatic carbocycles.